The molecule has 0 bridgehead atoms. The first-order chi connectivity index (χ1) is 9.05. The highest BCUT2D eigenvalue weighted by Gasteiger charge is 2.38. The Kier molecular flexibility index (Phi) is 4.07. The van der Waals surface area contributed by atoms with E-state index in [1.165, 1.54) is 0 Å². The van der Waals surface area contributed by atoms with Crippen molar-refractivity contribution in [1.29, 1.82) is 0 Å². The Morgan fingerprint density at radius 2 is 2.37 bits per heavy atom. The molecule has 1 saturated heterocycles. The maximum absolute atomic E-state index is 12.2. The highest BCUT2D eigenvalue weighted by atomic mass is 16.5. The molecule has 0 spiro atoms. The molecule has 1 aromatic rings. The van der Waals surface area contributed by atoms with Gasteiger partial charge in [-0.3, -0.25) is 4.79 Å². The fourth-order valence-corrected chi connectivity index (χ4v) is 2.09. The van der Waals surface area contributed by atoms with Gasteiger partial charge < -0.3 is 20.5 Å². The third-order valence-electron chi connectivity index (χ3n) is 3.45. The molecule has 0 radical (unpaired) electrons. The average Bonchev–Trinajstić information content (AvgIpc) is 2.87. The van der Waals surface area contributed by atoms with E-state index >= 15 is 0 Å². The van der Waals surface area contributed by atoms with E-state index in [1.54, 1.807) is 7.11 Å². The molecule has 19 heavy (non-hydrogen) atoms. The van der Waals surface area contributed by atoms with Crippen LogP contribution in [0.2, 0.25) is 0 Å². The number of nitrogens with two attached hydrogens (primary N) is 1. The molecule has 1 aliphatic rings. The Morgan fingerprint density at radius 3 is 3.00 bits per heavy atom. The van der Waals surface area contributed by atoms with Gasteiger partial charge in [-0.2, -0.15) is 0 Å². The summed E-state index contributed by atoms with van der Waals surface area (Å²) in [6.45, 7) is 2.74. The smallest absolute Gasteiger partial charge is 0.243 e. The first-order valence-electron chi connectivity index (χ1n) is 6.37. The summed E-state index contributed by atoms with van der Waals surface area (Å²) in [4.78, 5) is 12.2. The van der Waals surface area contributed by atoms with Gasteiger partial charge in [-0.15, -0.1) is 0 Å². The number of ether oxygens (including phenoxy) is 2. The topological polar surface area (TPSA) is 73.6 Å². The molecule has 0 aromatic heterocycles. The van der Waals surface area contributed by atoms with E-state index in [-0.39, 0.29) is 18.6 Å². The molecule has 0 aliphatic carbocycles. The van der Waals surface area contributed by atoms with Crippen molar-refractivity contribution in [1.82, 2.24) is 5.32 Å². The Morgan fingerprint density at radius 1 is 1.58 bits per heavy atom. The van der Waals surface area contributed by atoms with Crippen molar-refractivity contribution in [3.8, 4) is 5.75 Å². The van der Waals surface area contributed by atoms with Gasteiger partial charge in [0.05, 0.1) is 19.8 Å². The van der Waals surface area contributed by atoms with Gasteiger partial charge in [0.1, 0.15) is 11.3 Å². The molecule has 2 rings (SSSR count). The van der Waals surface area contributed by atoms with Crippen LogP contribution in [0.5, 0.6) is 5.75 Å². The third-order valence-corrected chi connectivity index (χ3v) is 3.45. The summed E-state index contributed by atoms with van der Waals surface area (Å²) in [6.07, 6.45) is 0.559. The van der Waals surface area contributed by atoms with Crippen LogP contribution in [0.15, 0.2) is 24.3 Å². The van der Waals surface area contributed by atoms with Crippen LogP contribution in [-0.2, 0) is 9.53 Å². The molecule has 5 heteroatoms. The van der Waals surface area contributed by atoms with Crippen LogP contribution < -0.4 is 15.8 Å². The van der Waals surface area contributed by atoms with Crippen LogP contribution in [0.4, 0.5) is 0 Å². The van der Waals surface area contributed by atoms with E-state index in [2.05, 4.69) is 5.32 Å². The maximum atomic E-state index is 12.2. The van der Waals surface area contributed by atoms with Crippen LogP contribution in [0, 0.1) is 0 Å². The second-order valence-corrected chi connectivity index (χ2v) is 4.93. The molecule has 5 nitrogen and oxygen atoms in total. The van der Waals surface area contributed by atoms with Crippen molar-refractivity contribution in [2.75, 3.05) is 20.3 Å². The zero-order chi connectivity index (χ0) is 13.9. The monoisotopic (exact) mass is 264 g/mol. The molecule has 1 aliphatic heterocycles. The fraction of sp³-hybridized carbons (Fsp3) is 0.500. The standard InChI is InChI=1S/C14H20N2O3/c1-10(11-4-3-5-12(8-11)18-2)16-13(17)14(15)6-7-19-9-14/h3-5,8,10H,6-7,9,15H2,1-2H3,(H,16,17)/t10-,14?/m0/s1. The quantitative estimate of drug-likeness (QED) is 0.850. The van der Waals surface area contributed by atoms with Crippen molar-refractivity contribution in [3.05, 3.63) is 29.8 Å². The Hall–Kier alpha value is -1.59. The maximum Gasteiger partial charge on any atom is 0.243 e. The molecule has 1 amide bonds. The molecule has 1 fully saturated rings. The minimum absolute atomic E-state index is 0.122. The fourth-order valence-electron chi connectivity index (χ4n) is 2.09. The highest BCUT2D eigenvalue weighted by molar-refractivity contribution is 5.86. The van der Waals surface area contributed by atoms with Gasteiger partial charge >= 0.3 is 0 Å². The summed E-state index contributed by atoms with van der Waals surface area (Å²) >= 11 is 0. The number of nitrogens with one attached hydrogen (secondary N) is 1. The molecule has 1 heterocycles. The summed E-state index contributed by atoms with van der Waals surface area (Å²) in [5.41, 5.74) is 6.11. The highest BCUT2D eigenvalue weighted by Crippen LogP contribution is 2.21. The van der Waals surface area contributed by atoms with E-state index in [4.69, 9.17) is 15.2 Å². The van der Waals surface area contributed by atoms with Gasteiger partial charge in [0, 0.05) is 6.61 Å². The summed E-state index contributed by atoms with van der Waals surface area (Å²) in [5.74, 6) is 0.602. The van der Waals surface area contributed by atoms with E-state index in [9.17, 15) is 4.79 Å². The average molecular weight is 264 g/mol. The van der Waals surface area contributed by atoms with Crippen LogP contribution in [0.1, 0.15) is 24.9 Å². The Bertz CT molecular complexity index is 456. The predicted molar refractivity (Wildman–Crippen MR) is 71.9 cm³/mol. The number of hydrogen-bond donors (Lipinski definition) is 2. The Labute approximate surface area is 113 Å². The van der Waals surface area contributed by atoms with Gasteiger partial charge in [-0.05, 0) is 31.0 Å². The van der Waals surface area contributed by atoms with E-state index < -0.39 is 5.54 Å². The zero-order valence-corrected chi connectivity index (χ0v) is 11.3. The summed E-state index contributed by atoms with van der Waals surface area (Å²) in [5, 5.41) is 2.93. The molecule has 104 valence electrons. The number of hydrogen-bond acceptors (Lipinski definition) is 4. The van der Waals surface area contributed by atoms with E-state index in [1.807, 2.05) is 31.2 Å². The number of carbonyl (C=O) groups is 1. The predicted octanol–water partition coefficient (Wildman–Crippen LogP) is 0.990. The van der Waals surface area contributed by atoms with Crippen molar-refractivity contribution < 1.29 is 14.3 Å². The summed E-state index contributed by atoms with van der Waals surface area (Å²) in [7, 11) is 1.62. The molecule has 1 unspecified atom stereocenters. The lowest BCUT2D eigenvalue weighted by Crippen LogP contribution is -2.54. The first-order valence-corrected chi connectivity index (χ1v) is 6.37. The van der Waals surface area contributed by atoms with E-state index in [0.29, 0.717) is 13.0 Å². The normalized spacial score (nSPS) is 23.9. The molecular formula is C14H20N2O3. The van der Waals surface area contributed by atoms with Crippen molar-refractivity contribution >= 4 is 5.91 Å². The van der Waals surface area contributed by atoms with Crippen LogP contribution in [-0.4, -0.2) is 31.8 Å². The number of rotatable bonds is 4. The van der Waals surface area contributed by atoms with Crippen LogP contribution in [0.25, 0.3) is 0 Å². The number of benzene rings is 1. The molecule has 0 saturated carbocycles. The van der Waals surface area contributed by atoms with Crippen molar-refractivity contribution in [3.63, 3.8) is 0 Å². The minimum Gasteiger partial charge on any atom is -0.497 e. The second kappa shape index (κ2) is 5.59. The Balaban J connectivity index is 2.03. The largest absolute Gasteiger partial charge is 0.497 e. The first kappa shape index (κ1) is 13.8. The summed E-state index contributed by atoms with van der Waals surface area (Å²) in [6, 6.07) is 7.49. The molecule has 2 atom stereocenters. The molecule has 3 N–H and O–H groups in total. The number of amides is 1. The van der Waals surface area contributed by atoms with Crippen LogP contribution >= 0.6 is 0 Å². The molecule has 1 aromatic carbocycles. The van der Waals surface area contributed by atoms with Crippen molar-refractivity contribution in [2.45, 2.75) is 24.9 Å². The zero-order valence-electron chi connectivity index (χ0n) is 11.3. The lowest BCUT2D eigenvalue weighted by Gasteiger charge is -2.24. The lowest BCUT2D eigenvalue weighted by molar-refractivity contribution is -0.127. The second-order valence-electron chi connectivity index (χ2n) is 4.93. The minimum atomic E-state index is -0.896. The van der Waals surface area contributed by atoms with Gasteiger partial charge in [-0.1, -0.05) is 12.1 Å². The van der Waals surface area contributed by atoms with Gasteiger partial charge in [0.15, 0.2) is 0 Å². The summed E-state index contributed by atoms with van der Waals surface area (Å²) < 4.78 is 10.4. The number of methoxy groups -OCH3 is 1. The molecular weight excluding hydrogens is 244 g/mol. The van der Waals surface area contributed by atoms with E-state index in [0.717, 1.165) is 11.3 Å². The van der Waals surface area contributed by atoms with Gasteiger partial charge in [0.25, 0.3) is 0 Å². The van der Waals surface area contributed by atoms with Gasteiger partial charge in [0.2, 0.25) is 5.91 Å². The number of carbonyl (C=O) groups excluding carboxylic acids is 1. The van der Waals surface area contributed by atoms with Crippen LogP contribution in [0.3, 0.4) is 0 Å². The van der Waals surface area contributed by atoms with Crippen molar-refractivity contribution in [2.24, 2.45) is 5.73 Å². The third kappa shape index (κ3) is 3.05. The lowest BCUT2D eigenvalue weighted by atomic mass is 9.98. The SMILES string of the molecule is COc1cccc([C@H](C)NC(=O)C2(N)CCOC2)c1. The van der Waals surface area contributed by atoms with Gasteiger partial charge in [-0.25, -0.2) is 0 Å².